The van der Waals surface area contributed by atoms with E-state index < -0.39 is 0 Å². The van der Waals surface area contributed by atoms with E-state index in [-0.39, 0.29) is 7.92 Å². The molecule has 19 heavy (non-hydrogen) atoms. The van der Waals surface area contributed by atoms with Gasteiger partial charge in [-0.3, -0.25) is 4.99 Å². The largest absolute Gasteiger partial charge is 0.371 e. The fourth-order valence-electron chi connectivity index (χ4n) is 2.40. The average molecular weight is 286 g/mol. The van der Waals surface area contributed by atoms with E-state index >= 15 is 0 Å². The average Bonchev–Trinajstić information content (AvgIpc) is 2.07. The number of hydrogen-bond acceptors (Lipinski definition) is 1. The molecule has 0 fully saturated rings. The van der Waals surface area contributed by atoms with E-state index in [4.69, 9.17) is 4.99 Å². The van der Waals surface area contributed by atoms with E-state index in [9.17, 15) is 0 Å². The van der Waals surface area contributed by atoms with Gasteiger partial charge in [0.1, 0.15) is 5.84 Å². The van der Waals surface area contributed by atoms with Gasteiger partial charge in [-0.2, -0.15) is 0 Å². The summed E-state index contributed by atoms with van der Waals surface area (Å²) >= 11 is 0. The van der Waals surface area contributed by atoms with Crippen LogP contribution in [0.2, 0.25) is 0 Å². The predicted molar refractivity (Wildman–Crippen MR) is 92.1 cm³/mol. The Bertz CT molecular complexity index is 279. The molecule has 3 heteroatoms. The summed E-state index contributed by atoms with van der Waals surface area (Å²) in [5.41, 5.74) is 0. The van der Waals surface area contributed by atoms with Gasteiger partial charge in [0.05, 0.1) is 0 Å². The molecule has 0 spiro atoms. The first-order valence-corrected chi connectivity index (χ1v) is 8.97. The normalized spacial score (nSPS) is 14.7. The van der Waals surface area contributed by atoms with Gasteiger partial charge in [0.15, 0.2) is 0 Å². The number of rotatable bonds is 4. The van der Waals surface area contributed by atoms with Crippen molar-refractivity contribution in [2.75, 3.05) is 6.16 Å². The van der Waals surface area contributed by atoms with Gasteiger partial charge >= 0.3 is 0 Å². The molecule has 1 N–H and O–H groups in total. The lowest BCUT2D eigenvalue weighted by molar-refractivity contribution is 0.697. The Balaban J connectivity index is 5.17. The van der Waals surface area contributed by atoms with Crippen molar-refractivity contribution in [2.24, 2.45) is 4.99 Å². The van der Waals surface area contributed by atoms with Crippen LogP contribution in [0.15, 0.2) is 4.99 Å². The Kier molecular flexibility index (Phi) is 7.03. The third-order valence-corrected chi connectivity index (χ3v) is 6.65. The molecule has 114 valence electrons. The molecule has 0 rings (SSSR count). The van der Waals surface area contributed by atoms with Crippen molar-refractivity contribution in [3.63, 3.8) is 0 Å². The van der Waals surface area contributed by atoms with Crippen molar-refractivity contribution >= 4 is 13.8 Å². The number of nitrogens with zero attached hydrogens (tertiary/aromatic N) is 1. The second kappa shape index (κ2) is 7.07. The molecule has 0 unspecified atom stereocenters. The Morgan fingerprint density at radius 3 is 1.63 bits per heavy atom. The van der Waals surface area contributed by atoms with Gasteiger partial charge in [0, 0.05) is 18.2 Å². The number of aliphatic imine (C=N–C) groups is 1. The summed E-state index contributed by atoms with van der Waals surface area (Å²) in [5.74, 6) is 1.20. The molecule has 0 atom stereocenters. The Morgan fingerprint density at radius 1 is 0.947 bits per heavy atom. The summed E-state index contributed by atoms with van der Waals surface area (Å²) in [4.78, 5) is 4.81. The minimum atomic E-state index is -0.137. The third kappa shape index (κ3) is 7.92. The quantitative estimate of drug-likeness (QED) is 0.445. The van der Waals surface area contributed by atoms with Crippen molar-refractivity contribution in [1.82, 2.24) is 5.32 Å². The first-order chi connectivity index (χ1) is 8.34. The topological polar surface area (TPSA) is 24.4 Å². The van der Waals surface area contributed by atoms with Crippen LogP contribution in [-0.2, 0) is 0 Å². The van der Waals surface area contributed by atoms with E-state index in [0.29, 0.717) is 22.4 Å². The molecular formula is C16H35N2P. The molecule has 0 aliphatic heterocycles. The number of hydrogen-bond donors (Lipinski definition) is 1. The Morgan fingerprint density at radius 2 is 1.37 bits per heavy atom. The third-order valence-electron chi connectivity index (χ3n) is 2.80. The minimum absolute atomic E-state index is 0.137. The number of nitrogens with one attached hydrogen (secondary N) is 1. The summed E-state index contributed by atoms with van der Waals surface area (Å²) in [6, 6.07) is 0.812. The zero-order valence-electron chi connectivity index (χ0n) is 14.8. The minimum Gasteiger partial charge on any atom is -0.371 e. The van der Waals surface area contributed by atoms with Crippen LogP contribution in [0, 0.1) is 0 Å². The van der Waals surface area contributed by atoms with Gasteiger partial charge in [-0.05, 0) is 38.0 Å². The molecule has 0 radical (unpaired) electrons. The first-order valence-electron chi connectivity index (χ1n) is 7.45. The lowest BCUT2D eigenvalue weighted by Gasteiger charge is -2.42. The van der Waals surface area contributed by atoms with E-state index in [1.54, 1.807) is 0 Å². The molecule has 0 saturated heterocycles. The first kappa shape index (κ1) is 18.9. The van der Waals surface area contributed by atoms with Crippen molar-refractivity contribution in [2.45, 2.75) is 91.6 Å². The molecule has 0 aliphatic rings. The lowest BCUT2D eigenvalue weighted by Crippen LogP contribution is -2.37. The highest BCUT2D eigenvalue weighted by Gasteiger charge is 2.35. The second-order valence-corrected chi connectivity index (χ2v) is 11.8. The zero-order chi connectivity index (χ0) is 15.4. The van der Waals surface area contributed by atoms with Crippen LogP contribution in [-0.4, -0.2) is 34.4 Å². The van der Waals surface area contributed by atoms with Crippen molar-refractivity contribution < 1.29 is 0 Å². The molecule has 0 bridgehead atoms. The fraction of sp³-hybridized carbons (Fsp3) is 0.938. The van der Waals surface area contributed by atoms with Gasteiger partial charge in [0.25, 0.3) is 0 Å². The van der Waals surface area contributed by atoms with E-state index in [2.05, 4.69) is 74.6 Å². The maximum atomic E-state index is 4.81. The van der Waals surface area contributed by atoms with Crippen LogP contribution in [0.1, 0.15) is 69.2 Å². The summed E-state index contributed by atoms with van der Waals surface area (Å²) in [6.07, 6.45) is 1.10. The predicted octanol–water partition coefficient (Wildman–Crippen LogP) is 4.87. The van der Waals surface area contributed by atoms with E-state index in [1.807, 2.05) is 0 Å². The van der Waals surface area contributed by atoms with Crippen molar-refractivity contribution in [1.29, 1.82) is 0 Å². The van der Waals surface area contributed by atoms with Gasteiger partial charge in [-0.25, -0.2) is 0 Å². The molecule has 0 aromatic rings. The smallest absolute Gasteiger partial charge is 0.101 e. The molecular weight excluding hydrogens is 251 g/mol. The van der Waals surface area contributed by atoms with Crippen LogP contribution in [0.5, 0.6) is 0 Å². The highest BCUT2D eigenvalue weighted by molar-refractivity contribution is 7.61. The monoisotopic (exact) mass is 286 g/mol. The van der Waals surface area contributed by atoms with Gasteiger partial charge in [-0.15, -0.1) is 0 Å². The zero-order valence-corrected chi connectivity index (χ0v) is 15.7. The molecule has 0 heterocycles. The highest BCUT2D eigenvalue weighted by atomic mass is 31.1. The molecule has 0 aliphatic carbocycles. The molecule has 0 aromatic heterocycles. The van der Waals surface area contributed by atoms with Crippen LogP contribution in [0.3, 0.4) is 0 Å². The van der Waals surface area contributed by atoms with Crippen LogP contribution in [0.25, 0.3) is 0 Å². The summed E-state index contributed by atoms with van der Waals surface area (Å²) < 4.78 is 0. The summed E-state index contributed by atoms with van der Waals surface area (Å²) in [5, 5.41) is 4.25. The van der Waals surface area contributed by atoms with Crippen LogP contribution in [0.4, 0.5) is 0 Å². The van der Waals surface area contributed by atoms with Crippen LogP contribution < -0.4 is 5.32 Å². The maximum Gasteiger partial charge on any atom is 0.101 e. The molecule has 0 amide bonds. The lowest BCUT2D eigenvalue weighted by atomic mass is 10.2. The standard InChI is InChI=1S/C16H35N2P/c1-12(2)17-14(18-13(3)4)11-19(15(5,6)7)16(8,9)10/h12-13H,11H2,1-10H3,(H,17,18). The highest BCUT2D eigenvalue weighted by Crippen LogP contribution is 2.58. The second-order valence-electron chi connectivity index (χ2n) is 7.90. The molecule has 0 saturated carbocycles. The SMILES string of the molecule is CC(C)N=C(CP(C(C)(C)C)C(C)(C)C)NC(C)C. The van der Waals surface area contributed by atoms with E-state index in [0.717, 1.165) is 6.16 Å². The van der Waals surface area contributed by atoms with Gasteiger partial charge < -0.3 is 5.32 Å². The van der Waals surface area contributed by atoms with Crippen molar-refractivity contribution in [3.05, 3.63) is 0 Å². The van der Waals surface area contributed by atoms with Crippen LogP contribution >= 0.6 is 7.92 Å². The Hall–Kier alpha value is -0.100. The Labute approximate surface area is 122 Å². The maximum absolute atomic E-state index is 4.81. The van der Waals surface area contributed by atoms with E-state index in [1.165, 1.54) is 5.84 Å². The molecule has 2 nitrogen and oxygen atoms in total. The number of amidine groups is 1. The summed E-state index contributed by atoms with van der Waals surface area (Å²) in [6.45, 7) is 22.9. The van der Waals surface area contributed by atoms with Gasteiger partial charge in [0.2, 0.25) is 0 Å². The van der Waals surface area contributed by atoms with Crippen molar-refractivity contribution in [3.8, 4) is 0 Å². The summed E-state index contributed by atoms with van der Waals surface area (Å²) in [7, 11) is -0.137. The van der Waals surface area contributed by atoms with Gasteiger partial charge in [-0.1, -0.05) is 49.5 Å². The molecule has 0 aromatic carbocycles. The fourth-order valence-corrected chi connectivity index (χ4v) is 5.83.